The zero-order chi connectivity index (χ0) is 24.6. The number of carbonyl (C=O) groups excluding carboxylic acids is 4. The maximum absolute atomic E-state index is 13.6. The second-order valence-corrected chi connectivity index (χ2v) is 9.01. The maximum Gasteiger partial charge on any atom is 0.273 e. The summed E-state index contributed by atoms with van der Waals surface area (Å²) in [6.45, 7) is 3.39. The molecule has 176 valence electrons. The molecule has 3 amide bonds. The van der Waals surface area contributed by atoms with Crippen molar-refractivity contribution in [3.8, 4) is 5.75 Å². The summed E-state index contributed by atoms with van der Waals surface area (Å²) in [7, 11) is 1.52. The molecule has 1 heterocycles. The highest BCUT2D eigenvalue weighted by Gasteiger charge is 2.54. The van der Waals surface area contributed by atoms with Gasteiger partial charge in [-0.15, -0.1) is 0 Å². The van der Waals surface area contributed by atoms with Gasteiger partial charge in [0.2, 0.25) is 0 Å². The molecule has 7 nitrogen and oxygen atoms in total. The van der Waals surface area contributed by atoms with Gasteiger partial charge < -0.3 is 4.74 Å². The van der Waals surface area contributed by atoms with E-state index in [1.54, 1.807) is 36.4 Å². The molecule has 0 spiro atoms. The number of ether oxygens (including phenoxy) is 1. The minimum atomic E-state index is -1.12. The van der Waals surface area contributed by atoms with Gasteiger partial charge in [0, 0.05) is 16.1 Å². The zero-order valence-corrected chi connectivity index (χ0v) is 19.9. The SMILES string of the molecule is COc1ccc(C(=O)[C@H](C)N(C(=O)c2ccc(Cl)cc2)N2C(=O)[C@@H]3[C@H](C)C=CC[C@H]3C2=O)cc1. The highest BCUT2D eigenvalue weighted by molar-refractivity contribution is 6.30. The Bertz CT molecular complexity index is 1160. The first kappa shape index (κ1) is 23.7. The molecule has 2 aliphatic rings. The molecule has 2 aromatic rings. The number of nitrogens with zero attached hydrogens (tertiary/aromatic N) is 2. The number of methoxy groups -OCH3 is 1. The molecule has 34 heavy (non-hydrogen) atoms. The van der Waals surface area contributed by atoms with Gasteiger partial charge >= 0.3 is 0 Å². The van der Waals surface area contributed by atoms with Crippen LogP contribution in [0.25, 0.3) is 0 Å². The summed E-state index contributed by atoms with van der Waals surface area (Å²) in [5, 5.41) is 2.33. The van der Waals surface area contributed by atoms with Crippen LogP contribution in [0.5, 0.6) is 5.75 Å². The lowest BCUT2D eigenvalue weighted by molar-refractivity contribution is -0.156. The summed E-state index contributed by atoms with van der Waals surface area (Å²) in [4.78, 5) is 53.9. The standard InChI is InChI=1S/C26H25ClN2O5/c1-15-5-4-6-21-22(15)26(33)29(25(21)32)28(24(31)18-7-11-19(27)12-8-18)16(2)23(30)17-9-13-20(34-3)14-10-17/h4-5,7-16,21-22H,6H2,1-3H3/t15-,16+,21-,22-/m1/s1. The van der Waals surface area contributed by atoms with E-state index in [0.29, 0.717) is 22.8 Å². The molecular formula is C26H25ClN2O5. The first-order chi connectivity index (χ1) is 16.2. The minimum absolute atomic E-state index is 0.153. The van der Waals surface area contributed by atoms with E-state index in [1.807, 2.05) is 19.1 Å². The third-order valence-electron chi connectivity index (χ3n) is 6.49. The van der Waals surface area contributed by atoms with Gasteiger partial charge in [-0.3, -0.25) is 19.2 Å². The van der Waals surface area contributed by atoms with Crippen LogP contribution >= 0.6 is 11.6 Å². The average molecular weight is 481 g/mol. The van der Waals surface area contributed by atoms with Gasteiger partial charge in [0.05, 0.1) is 18.9 Å². The van der Waals surface area contributed by atoms with E-state index < -0.39 is 41.4 Å². The van der Waals surface area contributed by atoms with Crippen LogP contribution in [0.3, 0.4) is 0 Å². The number of hydrazine groups is 1. The highest BCUT2D eigenvalue weighted by Crippen LogP contribution is 2.40. The number of allylic oxidation sites excluding steroid dienone is 2. The Kier molecular flexibility index (Phi) is 6.57. The molecule has 8 heteroatoms. The lowest BCUT2D eigenvalue weighted by Gasteiger charge is -2.34. The summed E-state index contributed by atoms with van der Waals surface area (Å²) in [6.07, 6.45) is 4.21. The molecule has 0 N–H and O–H groups in total. The van der Waals surface area contributed by atoms with Crippen LogP contribution < -0.4 is 4.74 Å². The average Bonchev–Trinajstić information content (AvgIpc) is 3.10. The van der Waals surface area contributed by atoms with Crippen LogP contribution in [0.2, 0.25) is 5.02 Å². The molecule has 0 bridgehead atoms. The Hall–Kier alpha value is -3.45. The summed E-state index contributed by atoms with van der Waals surface area (Å²) in [5.41, 5.74) is 0.536. The molecule has 4 rings (SSSR count). The van der Waals surface area contributed by atoms with E-state index in [9.17, 15) is 19.2 Å². The molecule has 1 fully saturated rings. The fourth-order valence-corrected chi connectivity index (χ4v) is 4.74. The van der Waals surface area contributed by atoms with Crippen LogP contribution in [0.1, 0.15) is 41.0 Å². The lowest BCUT2D eigenvalue weighted by Crippen LogP contribution is -2.56. The van der Waals surface area contributed by atoms with Crippen LogP contribution in [-0.2, 0) is 9.59 Å². The summed E-state index contributed by atoms with van der Waals surface area (Å²) in [5.74, 6) is -2.68. The fourth-order valence-electron chi connectivity index (χ4n) is 4.62. The molecule has 0 unspecified atom stereocenters. The van der Waals surface area contributed by atoms with Crippen LogP contribution in [0, 0.1) is 17.8 Å². The van der Waals surface area contributed by atoms with Crippen molar-refractivity contribution in [2.75, 3.05) is 7.11 Å². The second kappa shape index (κ2) is 9.43. The zero-order valence-electron chi connectivity index (χ0n) is 19.1. The number of amides is 3. The maximum atomic E-state index is 13.6. The molecule has 4 atom stereocenters. The molecule has 0 radical (unpaired) electrons. The van der Waals surface area contributed by atoms with Crippen molar-refractivity contribution in [3.63, 3.8) is 0 Å². The summed E-state index contributed by atoms with van der Waals surface area (Å²) < 4.78 is 5.15. The van der Waals surface area contributed by atoms with Gasteiger partial charge in [0.15, 0.2) is 5.78 Å². The normalized spacial score (nSPS) is 22.4. The quantitative estimate of drug-likeness (QED) is 0.352. The third-order valence-corrected chi connectivity index (χ3v) is 6.74. The van der Waals surface area contributed by atoms with Gasteiger partial charge in [-0.1, -0.05) is 30.7 Å². The summed E-state index contributed by atoms with van der Waals surface area (Å²) >= 11 is 5.97. The molecule has 2 aromatic carbocycles. The smallest absolute Gasteiger partial charge is 0.273 e. The molecule has 1 saturated heterocycles. The Morgan fingerprint density at radius 3 is 2.24 bits per heavy atom. The van der Waals surface area contributed by atoms with Crippen molar-refractivity contribution in [2.45, 2.75) is 26.3 Å². The van der Waals surface area contributed by atoms with Crippen LogP contribution in [0.4, 0.5) is 0 Å². The number of carbonyl (C=O) groups is 4. The van der Waals surface area contributed by atoms with Gasteiger partial charge in [0.1, 0.15) is 11.8 Å². The molecular weight excluding hydrogens is 456 g/mol. The predicted octanol–water partition coefficient (Wildman–Crippen LogP) is 4.17. The first-order valence-corrected chi connectivity index (χ1v) is 11.4. The third kappa shape index (κ3) is 4.12. The minimum Gasteiger partial charge on any atom is -0.497 e. The Morgan fingerprint density at radius 1 is 1.03 bits per heavy atom. The number of hydrogen-bond donors (Lipinski definition) is 0. The van der Waals surface area contributed by atoms with E-state index in [4.69, 9.17) is 16.3 Å². The highest BCUT2D eigenvalue weighted by atomic mass is 35.5. The number of halogens is 1. The number of Topliss-reactive ketones (excluding diaryl/α,β-unsaturated/α-hetero) is 1. The van der Waals surface area contributed by atoms with Crippen molar-refractivity contribution in [3.05, 3.63) is 76.8 Å². The van der Waals surface area contributed by atoms with Gasteiger partial charge in [-0.2, -0.15) is 5.01 Å². The van der Waals surface area contributed by atoms with E-state index in [1.165, 1.54) is 26.2 Å². The van der Waals surface area contributed by atoms with E-state index in [-0.39, 0.29) is 11.5 Å². The van der Waals surface area contributed by atoms with Crippen molar-refractivity contribution in [2.24, 2.45) is 17.8 Å². The number of ketones is 1. The van der Waals surface area contributed by atoms with Crippen molar-refractivity contribution < 1.29 is 23.9 Å². The van der Waals surface area contributed by atoms with Crippen LogP contribution in [0.15, 0.2) is 60.7 Å². The van der Waals surface area contributed by atoms with Crippen molar-refractivity contribution in [1.29, 1.82) is 0 Å². The number of fused-ring (bicyclic) bond motifs is 1. The van der Waals surface area contributed by atoms with Crippen molar-refractivity contribution in [1.82, 2.24) is 10.0 Å². The Balaban J connectivity index is 1.74. The van der Waals surface area contributed by atoms with Crippen LogP contribution in [-0.4, -0.2) is 46.7 Å². The molecule has 0 aromatic heterocycles. The molecule has 1 aliphatic heterocycles. The lowest BCUT2D eigenvalue weighted by atomic mass is 9.78. The second-order valence-electron chi connectivity index (χ2n) is 8.57. The Morgan fingerprint density at radius 2 is 1.65 bits per heavy atom. The first-order valence-electron chi connectivity index (χ1n) is 11.1. The largest absolute Gasteiger partial charge is 0.497 e. The van der Waals surface area contributed by atoms with Crippen molar-refractivity contribution >= 4 is 35.1 Å². The monoisotopic (exact) mass is 480 g/mol. The fraction of sp³-hybridized carbons (Fsp3) is 0.308. The van der Waals surface area contributed by atoms with E-state index in [2.05, 4.69) is 0 Å². The number of rotatable bonds is 6. The molecule has 1 aliphatic carbocycles. The van der Waals surface area contributed by atoms with Gasteiger partial charge in [-0.05, 0) is 67.8 Å². The predicted molar refractivity (Wildman–Crippen MR) is 126 cm³/mol. The van der Waals surface area contributed by atoms with Gasteiger partial charge in [-0.25, -0.2) is 5.01 Å². The number of hydrogen-bond acceptors (Lipinski definition) is 5. The number of imide groups is 1. The Labute approximate surface area is 202 Å². The number of benzene rings is 2. The molecule has 0 saturated carbocycles. The van der Waals surface area contributed by atoms with Gasteiger partial charge in [0.25, 0.3) is 17.7 Å². The van der Waals surface area contributed by atoms with E-state index >= 15 is 0 Å². The topological polar surface area (TPSA) is 84.0 Å². The summed E-state index contributed by atoms with van der Waals surface area (Å²) in [6, 6.07) is 11.4. The van der Waals surface area contributed by atoms with E-state index in [0.717, 1.165) is 10.0 Å².